The first-order valence-corrected chi connectivity index (χ1v) is 4.13. The van der Waals surface area contributed by atoms with E-state index in [0.717, 1.165) is 5.56 Å². The Balaban J connectivity index is 2.96. The van der Waals surface area contributed by atoms with Gasteiger partial charge in [-0.05, 0) is 6.07 Å². The molecule has 0 saturated heterocycles. The molecule has 0 aromatic carbocycles. The molecule has 1 rings (SSSR count). The first-order chi connectivity index (χ1) is 6.33. The molecule has 0 aliphatic rings. The van der Waals surface area contributed by atoms with Gasteiger partial charge in [-0.25, -0.2) is 4.98 Å². The summed E-state index contributed by atoms with van der Waals surface area (Å²) < 4.78 is 5.05. The standard InChI is InChI=1S/C9H14N2O2/c1-13-9-8(3-2-4-11-9)7(5-10)6-12/h2-4,7,12H,5-6,10H2,1H3. The molecule has 4 heteroatoms. The number of nitrogens with two attached hydrogens (primary N) is 1. The molecule has 1 atom stereocenters. The lowest BCUT2D eigenvalue weighted by atomic mass is 10.0. The third kappa shape index (κ3) is 2.17. The maximum atomic E-state index is 9.04. The van der Waals surface area contributed by atoms with Gasteiger partial charge < -0.3 is 15.6 Å². The van der Waals surface area contributed by atoms with Gasteiger partial charge in [-0.2, -0.15) is 0 Å². The summed E-state index contributed by atoms with van der Waals surface area (Å²) in [7, 11) is 1.55. The van der Waals surface area contributed by atoms with Gasteiger partial charge in [-0.15, -0.1) is 0 Å². The molecule has 0 radical (unpaired) electrons. The second kappa shape index (κ2) is 4.79. The molecule has 4 nitrogen and oxygen atoms in total. The van der Waals surface area contributed by atoms with Gasteiger partial charge in [0.2, 0.25) is 5.88 Å². The van der Waals surface area contributed by atoms with Crippen molar-refractivity contribution in [1.82, 2.24) is 4.98 Å². The Bertz CT molecular complexity index is 262. The Hall–Kier alpha value is -1.13. The van der Waals surface area contributed by atoms with E-state index in [1.54, 1.807) is 19.4 Å². The Kier molecular flexibility index (Phi) is 3.67. The van der Waals surface area contributed by atoms with Gasteiger partial charge in [0.1, 0.15) is 0 Å². The second-order valence-corrected chi connectivity index (χ2v) is 2.72. The number of aliphatic hydroxyl groups excluding tert-OH is 1. The van der Waals surface area contributed by atoms with Gasteiger partial charge in [0.05, 0.1) is 13.7 Å². The van der Waals surface area contributed by atoms with Crippen LogP contribution in [0.1, 0.15) is 11.5 Å². The molecule has 72 valence electrons. The molecule has 1 aromatic rings. The van der Waals surface area contributed by atoms with Crippen molar-refractivity contribution in [2.45, 2.75) is 5.92 Å². The maximum absolute atomic E-state index is 9.04. The summed E-state index contributed by atoms with van der Waals surface area (Å²) in [6.45, 7) is 0.400. The van der Waals surface area contributed by atoms with Crippen LogP contribution in [0.2, 0.25) is 0 Å². The zero-order chi connectivity index (χ0) is 9.68. The number of methoxy groups -OCH3 is 1. The number of aromatic nitrogens is 1. The summed E-state index contributed by atoms with van der Waals surface area (Å²) in [5, 5.41) is 9.04. The average Bonchev–Trinajstić information content (AvgIpc) is 2.20. The fourth-order valence-corrected chi connectivity index (χ4v) is 1.18. The van der Waals surface area contributed by atoms with Gasteiger partial charge in [-0.3, -0.25) is 0 Å². The van der Waals surface area contributed by atoms with Crippen molar-refractivity contribution >= 4 is 0 Å². The van der Waals surface area contributed by atoms with E-state index in [1.165, 1.54) is 0 Å². The van der Waals surface area contributed by atoms with Crippen LogP contribution >= 0.6 is 0 Å². The van der Waals surface area contributed by atoms with E-state index >= 15 is 0 Å². The third-order valence-corrected chi connectivity index (χ3v) is 1.94. The monoisotopic (exact) mass is 182 g/mol. The van der Waals surface area contributed by atoms with E-state index < -0.39 is 0 Å². The lowest BCUT2D eigenvalue weighted by molar-refractivity contribution is 0.263. The summed E-state index contributed by atoms with van der Waals surface area (Å²) in [6.07, 6.45) is 1.65. The Labute approximate surface area is 77.4 Å². The fraction of sp³-hybridized carbons (Fsp3) is 0.444. The molecule has 0 amide bonds. The highest BCUT2D eigenvalue weighted by Crippen LogP contribution is 2.22. The second-order valence-electron chi connectivity index (χ2n) is 2.72. The minimum absolute atomic E-state index is 0.0125. The van der Waals surface area contributed by atoms with Gasteiger partial charge in [-0.1, -0.05) is 6.07 Å². The summed E-state index contributed by atoms with van der Waals surface area (Å²) >= 11 is 0. The Morgan fingerprint density at radius 3 is 3.00 bits per heavy atom. The van der Waals surface area contributed by atoms with Gasteiger partial charge in [0.25, 0.3) is 0 Å². The van der Waals surface area contributed by atoms with Crippen molar-refractivity contribution < 1.29 is 9.84 Å². The van der Waals surface area contributed by atoms with Crippen LogP contribution in [0.15, 0.2) is 18.3 Å². The van der Waals surface area contributed by atoms with Gasteiger partial charge in [0.15, 0.2) is 0 Å². The molecule has 0 aliphatic carbocycles. The quantitative estimate of drug-likeness (QED) is 0.694. The molecular formula is C9H14N2O2. The normalized spacial score (nSPS) is 12.5. The van der Waals surface area contributed by atoms with Gasteiger partial charge in [0, 0.05) is 24.2 Å². The topological polar surface area (TPSA) is 68.4 Å². The van der Waals surface area contributed by atoms with Gasteiger partial charge >= 0.3 is 0 Å². The first-order valence-electron chi connectivity index (χ1n) is 4.13. The molecule has 0 saturated carbocycles. The van der Waals surface area contributed by atoms with Crippen molar-refractivity contribution in [2.75, 3.05) is 20.3 Å². The van der Waals surface area contributed by atoms with Crippen LogP contribution in [0, 0.1) is 0 Å². The largest absolute Gasteiger partial charge is 0.481 e. The van der Waals surface area contributed by atoms with Crippen LogP contribution < -0.4 is 10.5 Å². The number of hydrogen-bond donors (Lipinski definition) is 2. The van der Waals surface area contributed by atoms with Crippen LogP contribution in [0.5, 0.6) is 5.88 Å². The van der Waals surface area contributed by atoms with E-state index in [1.807, 2.05) is 6.07 Å². The van der Waals surface area contributed by atoms with E-state index in [-0.39, 0.29) is 12.5 Å². The van der Waals surface area contributed by atoms with E-state index in [4.69, 9.17) is 15.6 Å². The molecule has 0 fully saturated rings. The molecule has 1 unspecified atom stereocenters. The summed E-state index contributed by atoms with van der Waals surface area (Å²) in [5.41, 5.74) is 6.35. The lowest BCUT2D eigenvalue weighted by Gasteiger charge is -2.14. The van der Waals surface area contributed by atoms with Crippen molar-refractivity contribution in [3.8, 4) is 5.88 Å². The van der Waals surface area contributed by atoms with Crippen molar-refractivity contribution in [3.05, 3.63) is 23.9 Å². The smallest absolute Gasteiger partial charge is 0.216 e. The molecule has 0 aliphatic heterocycles. The Morgan fingerprint density at radius 2 is 2.46 bits per heavy atom. The highest BCUT2D eigenvalue weighted by molar-refractivity contribution is 5.29. The van der Waals surface area contributed by atoms with Crippen LogP contribution in [-0.2, 0) is 0 Å². The van der Waals surface area contributed by atoms with Crippen molar-refractivity contribution in [2.24, 2.45) is 5.73 Å². The number of rotatable bonds is 4. The number of hydrogen-bond acceptors (Lipinski definition) is 4. The van der Waals surface area contributed by atoms with Crippen LogP contribution in [-0.4, -0.2) is 30.4 Å². The zero-order valence-electron chi connectivity index (χ0n) is 7.60. The van der Waals surface area contributed by atoms with Crippen LogP contribution in [0.3, 0.4) is 0 Å². The Morgan fingerprint density at radius 1 is 1.69 bits per heavy atom. The first kappa shape index (κ1) is 9.95. The molecule has 0 bridgehead atoms. The summed E-state index contributed by atoms with van der Waals surface area (Å²) in [5.74, 6) is 0.440. The molecule has 1 aromatic heterocycles. The van der Waals surface area contributed by atoms with Crippen LogP contribution in [0.25, 0.3) is 0 Å². The average molecular weight is 182 g/mol. The number of ether oxygens (including phenoxy) is 1. The summed E-state index contributed by atoms with van der Waals surface area (Å²) in [4.78, 5) is 4.03. The number of nitrogens with zero attached hydrogens (tertiary/aromatic N) is 1. The molecule has 13 heavy (non-hydrogen) atoms. The third-order valence-electron chi connectivity index (χ3n) is 1.94. The number of aliphatic hydroxyl groups is 1. The predicted octanol–water partition coefficient (Wildman–Crippen LogP) is 0.125. The molecular weight excluding hydrogens is 168 g/mol. The molecule has 0 spiro atoms. The lowest BCUT2D eigenvalue weighted by Crippen LogP contribution is -2.17. The predicted molar refractivity (Wildman–Crippen MR) is 49.7 cm³/mol. The van der Waals surface area contributed by atoms with Crippen molar-refractivity contribution in [1.29, 1.82) is 0 Å². The zero-order valence-corrected chi connectivity index (χ0v) is 7.60. The van der Waals surface area contributed by atoms with E-state index in [9.17, 15) is 0 Å². The van der Waals surface area contributed by atoms with Crippen molar-refractivity contribution in [3.63, 3.8) is 0 Å². The SMILES string of the molecule is COc1ncccc1C(CN)CO. The fourth-order valence-electron chi connectivity index (χ4n) is 1.18. The molecule has 3 N–H and O–H groups in total. The highest BCUT2D eigenvalue weighted by Gasteiger charge is 2.13. The van der Waals surface area contributed by atoms with E-state index in [2.05, 4.69) is 4.98 Å². The van der Waals surface area contributed by atoms with E-state index in [0.29, 0.717) is 12.4 Å². The van der Waals surface area contributed by atoms with Crippen LogP contribution in [0.4, 0.5) is 0 Å². The maximum Gasteiger partial charge on any atom is 0.216 e. The number of pyridine rings is 1. The highest BCUT2D eigenvalue weighted by atomic mass is 16.5. The summed E-state index contributed by atoms with van der Waals surface area (Å²) in [6, 6.07) is 3.66. The minimum Gasteiger partial charge on any atom is -0.481 e. The molecule has 1 heterocycles. The minimum atomic E-state index is -0.0938.